The number of carboxylic acids is 1. The lowest BCUT2D eigenvalue weighted by atomic mass is 9.92. The van der Waals surface area contributed by atoms with Crippen LogP contribution >= 0.6 is 0 Å². The minimum Gasteiger partial charge on any atom is -0.481 e. The molecule has 1 amide bonds. The summed E-state index contributed by atoms with van der Waals surface area (Å²) in [4.78, 5) is 25.3. The van der Waals surface area contributed by atoms with Crippen molar-refractivity contribution in [3.63, 3.8) is 0 Å². The number of carboxylic acid groups (broad SMARTS) is 1. The lowest BCUT2D eigenvalue weighted by Crippen LogP contribution is -2.50. The monoisotopic (exact) mass is 276 g/mol. The van der Waals surface area contributed by atoms with Crippen molar-refractivity contribution >= 4 is 11.9 Å². The van der Waals surface area contributed by atoms with E-state index in [-0.39, 0.29) is 18.4 Å². The quantitative estimate of drug-likeness (QED) is 0.864. The third-order valence-corrected chi connectivity index (χ3v) is 4.03. The molecule has 1 aromatic rings. The van der Waals surface area contributed by atoms with Gasteiger partial charge < -0.3 is 15.7 Å². The smallest absolute Gasteiger partial charge is 0.308 e. The molecule has 1 fully saturated rings. The number of rotatable bonds is 3. The zero-order chi connectivity index (χ0) is 14.9. The molecular weight excluding hydrogens is 256 g/mol. The van der Waals surface area contributed by atoms with Crippen LogP contribution in [0.25, 0.3) is 0 Å². The summed E-state index contributed by atoms with van der Waals surface area (Å²) in [6.45, 7) is 4.19. The maximum atomic E-state index is 12.6. The number of likely N-dealkylation sites (tertiary alicyclic amines) is 1. The molecule has 0 bridgehead atoms. The van der Waals surface area contributed by atoms with Crippen LogP contribution in [0.2, 0.25) is 0 Å². The standard InChI is InChI=1S/C15H20N2O3/c1-10-8-17(9-12(10)13(18)19)14(20)15(2,16)11-6-4-3-5-7-11/h3-7,10,12H,8-9,16H2,1-2H3,(H,18,19)/t10-,12-,15?/m1/s1. The number of benzene rings is 1. The minimum atomic E-state index is -1.13. The van der Waals surface area contributed by atoms with E-state index >= 15 is 0 Å². The number of carbonyl (C=O) groups excluding carboxylic acids is 1. The number of nitrogens with two attached hydrogens (primary N) is 1. The van der Waals surface area contributed by atoms with Crippen molar-refractivity contribution in [2.24, 2.45) is 17.6 Å². The summed E-state index contributed by atoms with van der Waals surface area (Å²) in [7, 11) is 0. The van der Waals surface area contributed by atoms with Crippen LogP contribution in [0.15, 0.2) is 30.3 Å². The number of hydrogen-bond acceptors (Lipinski definition) is 3. The van der Waals surface area contributed by atoms with Crippen molar-refractivity contribution in [2.75, 3.05) is 13.1 Å². The number of carbonyl (C=O) groups is 2. The molecule has 108 valence electrons. The van der Waals surface area contributed by atoms with E-state index in [1.807, 2.05) is 37.3 Å². The average molecular weight is 276 g/mol. The fraction of sp³-hybridized carbons (Fsp3) is 0.467. The highest BCUT2D eigenvalue weighted by atomic mass is 16.4. The van der Waals surface area contributed by atoms with Crippen molar-refractivity contribution in [1.29, 1.82) is 0 Å². The highest BCUT2D eigenvalue weighted by Gasteiger charge is 2.42. The lowest BCUT2D eigenvalue weighted by Gasteiger charge is -2.29. The Hall–Kier alpha value is -1.88. The topological polar surface area (TPSA) is 83.6 Å². The normalized spacial score (nSPS) is 25.2. The Kier molecular flexibility index (Phi) is 3.81. The van der Waals surface area contributed by atoms with Crippen molar-refractivity contribution in [3.8, 4) is 0 Å². The van der Waals surface area contributed by atoms with Crippen LogP contribution in [0.4, 0.5) is 0 Å². The van der Waals surface area contributed by atoms with E-state index in [1.54, 1.807) is 11.8 Å². The molecule has 0 aliphatic carbocycles. The van der Waals surface area contributed by atoms with Crippen LogP contribution in [0.1, 0.15) is 19.4 Å². The van der Waals surface area contributed by atoms with Gasteiger partial charge in [0, 0.05) is 13.1 Å². The molecule has 5 nitrogen and oxygen atoms in total. The van der Waals surface area contributed by atoms with E-state index in [0.717, 1.165) is 5.56 Å². The molecule has 0 radical (unpaired) electrons. The summed E-state index contributed by atoms with van der Waals surface area (Å²) in [6.07, 6.45) is 0. The van der Waals surface area contributed by atoms with Gasteiger partial charge in [0.1, 0.15) is 5.54 Å². The molecule has 1 aromatic carbocycles. The van der Waals surface area contributed by atoms with E-state index in [0.29, 0.717) is 6.54 Å². The Bertz CT molecular complexity index is 513. The molecule has 0 aromatic heterocycles. The van der Waals surface area contributed by atoms with Crippen LogP contribution in [-0.4, -0.2) is 35.0 Å². The van der Waals surface area contributed by atoms with Crippen LogP contribution < -0.4 is 5.73 Å². The minimum absolute atomic E-state index is 0.0528. The first-order chi connectivity index (χ1) is 9.34. The number of amides is 1. The van der Waals surface area contributed by atoms with Crippen molar-refractivity contribution in [1.82, 2.24) is 4.90 Å². The first-order valence-corrected chi connectivity index (χ1v) is 6.70. The average Bonchev–Trinajstić information content (AvgIpc) is 2.81. The lowest BCUT2D eigenvalue weighted by molar-refractivity contribution is -0.142. The van der Waals surface area contributed by atoms with Gasteiger partial charge >= 0.3 is 5.97 Å². The number of nitrogens with zero attached hydrogens (tertiary/aromatic N) is 1. The third-order valence-electron chi connectivity index (χ3n) is 4.03. The summed E-state index contributed by atoms with van der Waals surface area (Å²) in [5.41, 5.74) is 5.79. The highest BCUT2D eigenvalue weighted by Crippen LogP contribution is 2.28. The predicted octanol–water partition coefficient (Wildman–Crippen LogP) is 1.04. The molecule has 1 heterocycles. The number of aliphatic carboxylic acids is 1. The molecule has 3 atom stereocenters. The Morgan fingerprint density at radius 2 is 1.90 bits per heavy atom. The second kappa shape index (κ2) is 5.25. The molecule has 1 saturated heterocycles. The molecule has 2 rings (SSSR count). The van der Waals surface area contributed by atoms with Gasteiger partial charge in [-0.25, -0.2) is 0 Å². The molecule has 1 aliphatic heterocycles. The van der Waals surface area contributed by atoms with Crippen molar-refractivity contribution in [3.05, 3.63) is 35.9 Å². The molecule has 5 heteroatoms. The van der Waals surface area contributed by atoms with Gasteiger partial charge in [-0.05, 0) is 18.4 Å². The van der Waals surface area contributed by atoms with E-state index in [9.17, 15) is 9.59 Å². The first-order valence-electron chi connectivity index (χ1n) is 6.70. The van der Waals surface area contributed by atoms with Crippen LogP contribution in [-0.2, 0) is 15.1 Å². The summed E-state index contributed by atoms with van der Waals surface area (Å²) in [5.74, 6) is -1.64. The van der Waals surface area contributed by atoms with E-state index in [1.165, 1.54) is 0 Å². The van der Waals surface area contributed by atoms with E-state index < -0.39 is 17.4 Å². The Morgan fingerprint density at radius 3 is 2.40 bits per heavy atom. The molecule has 20 heavy (non-hydrogen) atoms. The maximum absolute atomic E-state index is 12.6. The van der Waals surface area contributed by atoms with Gasteiger partial charge in [0.2, 0.25) is 5.91 Å². The van der Waals surface area contributed by atoms with Gasteiger partial charge in [0.25, 0.3) is 0 Å². The third kappa shape index (κ3) is 2.54. The first kappa shape index (κ1) is 14.5. The summed E-state index contributed by atoms with van der Waals surface area (Å²) in [5, 5.41) is 9.13. The fourth-order valence-corrected chi connectivity index (χ4v) is 2.69. The Morgan fingerprint density at radius 1 is 1.30 bits per heavy atom. The van der Waals surface area contributed by atoms with Gasteiger partial charge in [0.05, 0.1) is 5.92 Å². The second-order valence-electron chi connectivity index (χ2n) is 5.70. The van der Waals surface area contributed by atoms with Gasteiger partial charge in [-0.1, -0.05) is 37.3 Å². The fourth-order valence-electron chi connectivity index (χ4n) is 2.69. The van der Waals surface area contributed by atoms with Gasteiger partial charge in [-0.3, -0.25) is 9.59 Å². The SMILES string of the molecule is C[C@@H]1CN(C(=O)C(C)(N)c2ccccc2)C[C@H]1C(=O)O. The molecule has 1 unspecified atom stereocenters. The van der Waals surface area contributed by atoms with Crippen LogP contribution in [0.5, 0.6) is 0 Å². The van der Waals surface area contributed by atoms with Crippen molar-refractivity contribution in [2.45, 2.75) is 19.4 Å². The van der Waals surface area contributed by atoms with E-state index in [2.05, 4.69) is 0 Å². The van der Waals surface area contributed by atoms with Crippen LogP contribution in [0, 0.1) is 11.8 Å². The molecule has 3 N–H and O–H groups in total. The molecule has 0 spiro atoms. The summed E-state index contributed by atoms with van der Waals surface area (Å²) < 4.78 is 0. The van der Waals surface area contributed by atoms with Gasteiger partial charge in [-0.15, -0.1) is 0 Å². The summed E-state index contributed by atoms with van der Waals surface area (Å²) in [6, 6.07) is 9.15. The second-order valence-corrected chi connectivity index (χ2v) is 5.70. The van der Waals surface area contributed by atoms with E-state index in [4.69, 9.17) is 10.8 Å². The van der Waals surface area contributed by atoms with Crippen LogP contribution in [0.3, 0.4) is 0 Å². The zero-order valence-corrected chi connectivity index (χ0v) is 11.7. The Labute approximate surface area is 118 Å². The van der Waals surface area contributed by atoms with Gasteiger partial charge in [-0.2, -0.15) is 0 Å². The molecule has 1 aliphatic rings. The Balaban J connectivity index is 2.18. The zero-order valence-electron chi connectivity index (χ0n) is 11.7. The van der Waals surface area contributed by atoms with Gasteiger partial charge in [0.15, 0.2) is 0 Å². The molecule has 0 saturated carbocycles. The predicted molar refractivity (Wildman–Crippen MR) is 74.9 cm³/mol. The number of hydrogen-bond donors (Lipinski definition) is 2. The largest absolute Gasteiger partial charge is 0.481 e. The van der Waals surface area contributed by atoms with Crippen molar-refractivity contribution < 1.29 is 14.7 Å². The maximum Gasteiger partial charge on any atom is 0.308 e. The highest BCUT2D eigenvalue weighted by molar-refractivity contribution is 5.88. The molecular formula is C15H20N2O3. The summed E-state index contributed by atoms with van der Waals surface area (Å²) >= 11 is 0.